The topological polar surface area (TPSA) is 88.4 Å². The predicted octanol–water partition coefficient (Wildman–Crippen LogP) is 4.31. The van der Waals surface area contributed by atoms with E-state index in [9.17, 15) is 13.6 Å². The van der Waals surface area contributed by atoms with Gasteiger partial charge in [0.2, 0.25) is 11.9 Å². The number of anilines is 2. The Balaban J connectivity index is 1.29. The lowest BCUT2D eigenvalue weighted by Crippen LogP contribution is -2.42. The van der Waals surface area contributed by atoms with E-state index in [0.29, 0.717) is 54.9 Å². The maximum Gasteiger partial charge on any atom is 0.296 e. The van der Waals surface area contributed by atoms with Crippen LogP contribution in [0, 0.1) is 0 Å². The number of nitrogens with zero attached hydrogens (tertiary/aromatic N) is 6. The zero-order chi connectivity index (χ0) is 26.2. The van der Waals surface area contributed by atoms with E-state index in [0.717, 1.165) is 38.6 Å². The van der Waals surface area contributed by atoms with Gasteiger partial charge in [0.1, 0.15) is 11.6 Å². The zero-order valence-electron chi connectivity index (χ0n) is 20.9. The van der Waals surface area contributed by atoms with Crippen LogP contribution < -0.4 is 10.2 Å². The first-order valence-corrected chi connectivity index (χ1v) is 14.1. The van der Waals surface area contributed by atoms with E-state index in [4.69, 9.17) is 14.7 Å². The van der Waals surface area contributed by atoms with Gasteiger partial charge in [-0.25, -0.2) is 13.8 Å². The molecular weight excluding hydrogens is 560 g/mol. The highest BCUT2D eigenvalue weighted by atomic mass is 79.9. The number of morpholine rings is 1. The first-order valence-electron chi connectivity index (χ1n) is 13.2. The van der Waals surface area contributed by atoms with E-state index in [2.05, 4.69) is 31.1 Å². The van der Waals surface area contributed by atoms with E-state index in [1.807, 2.05) is 4.90 Å². The van der Waals surface area contributed by atoms with Crippen molar-refractivity contribution in [2.45, 2.75) is 55.4 Å². The molecule has 2 saturated heterocycles. The lowest BCUT2D eigenvalue weighted by molar-refractivity contribution is -0.129. The summed E-state index contributed by atoms with van der Waals surface area (Å²) in [6.07, 6.45) is 1.65. The van der Waals surface area contributed by atoms with Gasteiger partial charge in [0.25, 0.3) is 6.43 Å². The summed E-state index contributed by atoms with van der Waals surface area (Å²) >= 11 is 3.47. The van der Waals surface area contributed by atoms with Gasteiger partial charge in [-0.1, -0.05) is 28.1 Å². The number of carbonyl (C=O) groups excluding carboxylic acids is 1. The molecule has 6 rings (SSSR count). The molecule has 0 radical (unpaired) electrons. The lowest BCUT2D eigenvalue weighted by atomic mass is 9.90. The molecule has 1 N–H and O–H groups in total. The van der Waals surface area contributed by atoms with Gasteiger partial charge in [-0.2, -0.15) is 9.97 Å². The number of hydrogen-bond acceptors (Lipinski definition) is 7. The van der Waals surface area contributed by atoms with Gasteiger partial charge < -0.3 is 19.9 Å². The summed E-state index contributed by atoms with van der Waals surface area (Å²) in [7, 11) is 0. The van der Waals surface area contributed by atoms with Crippen molar-refractivity contribution >= 4 is 44.6 Å². The number of para-hydroxylation sites is 2. The van der Waals surface area contributed by atoms with Gasteiger partial charge in [0, 0.05) is 37.8 Å². The van der Waals surface area contributed by atoms with Crippen molar-refractivity contribution in [3.63, 3.8) is 0 Å². The molecule has 3 aromatic rings. The first kappa shape index (κ1) is 25.4. The third-order valence-electron chi connectivity index (χ3n) is 7.69. The number of alkyl halides is 3. The minimum absolute atomic E-state index is 0.0644. The van der Waals surface area contributed by atoms with Crippen LogP contribution in [0.15, 0.2) is 30.3 Å². The second-order valence-electron chi connectivity index (χ2n) is 10.0. The number of imidazole rings is 1. The van der Waals surface area contributed by atoms with Gasteiger partial charge in [0.05, 0.1) is 29.1 Å². The Morgan fingerprint density at radius 2 is 1.71 bits per heavy atom. The second-order valence-corrected chi connectivity index (χ2v) is 11.1. The van der Waals surface area contributed by atoms with Crippen molar-refractivity contribution < 1.29 is 18.3 Å². The number of likely N-dealkylation sites (tertiary alicyclic amines) is 1. The second kappa shape index (κ2) is 10.7. The molecule has 202 valence electrons. The number of halogens is 3. The molecule has 1 atom stereocenters. The Morgan fingerprint density at radius 3 is 2.42 bits per heavy atom. The van der Waals surface area contributed by atoms with E-state index in [1.54, 1.807) is 30.3 Å². The monoisotopic (exact) mass is 589 g/mol. The Bertz CT molecular complexity index is 1310. The van der Waals surface area contributed by atoms with Crippen molar-refractivity contribution in [1.82, 2.24) is 24.4 Å². The van der Waals surface area contributed by atoms with Gasteiger partial charge in [0.15, 0.2) is 5.82 Å². The number of rotatable bonds is 6. The number of nitrogens with one attached hydrogen (secondary N) is 1. The summed E-state index contributed by atoms with van der Waals surface area (Å²) in [6, 6.07) is 9.23. The molecule has 0 bridgehead atoms. The largest absolute Gasteiger partial charge is 0.378 e. The normalized spacial score (nSPS) is 24.5. The quantitative estimate of drug-likeness (QED) is 0.429. The standard InChI is InChI=1S/C26H30BrF2N7O2/c27-18-9-10-35(25(18)37)17-7-5-16(6-8-17)30-26-32-21(34-11-13-38-14-12-34)15-22(33-26)36-20-4-2-1-3-19(20)31-24(36)23(28)29/h1-4,15-18,23H,5-14H2,(H,30,32,33)/t16-,17-,18?. The highest BCUT2D eigenvalue weighted by molar-refractivity contribution is 9.10. The fourth-order valence-corrected chi connectivity index (χ4v) is 6.20. The molecule has 2 aromatic heterocycles. The molecule has 38 heavy (non-hydrogen) atoms. The molecule has 2 aliphatic heterocycles. The van der Waals surface area contributed by atoms with E-state index < -0.39 is 6.43 Å². The summed E-state index contributed by atoms with van der Waals surface area (Å²) in [6.45, 7) is 3.27. The summed E-state index contributed by atoms with van der Waals surface area (Å²) in [5.74, 6) is 1.27. The molecule has 1 saturated carbocycles. The summed E-state index contributed by atoms with van der Waals surface area (Å²) in [4.78, 5) is 30.2. The van der Waals surface area contributed by atoms with E-state index in [1.165, 1.54) is 4.57 Å². The number of ether oxygens (including phenoxy) is 1. The van der Waals surface area contributed by atoms with Gasteiger partial charge in [-0.05, 0) is 44.2 Å². The number of carbonyl (C=O) groups is 1. The summed E-state index contributed by atoms with van der Waals surface area (Å²) < 4.78 is 35.1. The fraction of sp³-hybridized carbons (Fsp3) is 0.538. The summed E-state index contributed by atoms with van der Waals surface area (Å²) in [5.41, 5.74) is 1.06. The molecule has 1 unspecified atom stereocenters. The average Bonchev–Trinajstić information content (AvgIpc) is 3.50. The Labute approximate surface area is 227 Å². The average molecular weight is 590 g/mol. The Kier molecular flexibility index (Phi) is 7.17. The molecule has 1 aromatic carbocycles. The van der Waals surface area contributed by atoms with Crippen LogP contribution in [0.25, 0.3) is 16.9 Å². The fourth-order valence-electron chi connectivity index (χ4n) is 5.73. The van der Waals surface area contributed by atoms with Crippen LogP contribution in [-0.4, -0.2) is 80.1 Å². The van der Waals surface area contributed by atoms with Crippen molar-refractivity contribution in [3.8, 4) is 5.82 Å². The van der Waals surface area contributed by atoms with Crippen LogP contribution in [0.5, 0.6) is 0 Å². The maximum absolute atomic E-state index is 14.1. The minimum atomic E-state index is -2.76. The molecule has 9 nitrogen and oxygen atoms in total. The van der Waals surface area contributed by atoms with Crippen molar-refractivity contribution in [2.24, 2.45) is 0 Å². The lowest BCUT2D eigenvalue weighted by Gasteiger charge is -2.35. The van der Waals surface area contributed by atoms with Crippen LogP contribution in [0.2, 0.25) is 0 Å². The Hall–Kier alpha value is -2.86. The molecular formula is C26H30BrF2N7O2. The van der Waals surface area contributed by atoms with E-state index >= 15 is 0 Å². The zero-order valence-corrected chi connectivity index (χ0v) is 22.5. The number of benzene rings is 1. The summed E-state index contributed by atoms with van der Waals surface area (Å²) in [5, 5.41) is 3.48. The third kappa shape index (κ3) is 4.95. The number of hydrogen-bond donors (Lipinski definition) is 1. The molecule has 3 fully saturated rings. The number of aromatic nitrogens is 4. The minimum Gasteiger partial charge on any atom is -0.378 e. The molecule has 3 aliphatic rings. The van der Waals surface area contributed by atoms with Crippen molar-refractivity contribution in [2.75, 3.05) is 43.1 Å². The molecule has 0 spiro atoms. The van der Waals surface area contributed by atoms with Crippen LogP contribution in [0.3, 0.4) is 0 Å². The number of amides is 1. The SMILES string of the molecule is O=C1C(Br)CCN1[C@H]1CC[C@H](Nc2nc(N3CCOCC3)cc(-n3c(C(F)F)nc4ccccc43)n2)CC1. The first-order chi connectivity index (χ1) is 18.5. The maximum atomic E-state index is 14.1. The molecule has 1 aliphatic carbocycles. The molecule has 1 amide bonds. The Morgan fingerprint density at radius 1 is 0.974 bits per heavy atom. The number of fused-ring (bicyclic) bond motifs is 1. The predicted molar refractivity (Wildman–Crippen MR) is 143 cm³/mol. The van der Waals surface area contributed by atoms with Gasteiger partial charge in [-0.15, -0.1) is 0 Å². The molecule has 4 heterocycles. The van der Waals surface area contributed by atoms with Gasteiger partial charge >= 0.3 is 0 Å². The third-order valence-corrected chi connectivity index (χ3v) is 8.54. The highest BCUT2D eigenvalue weighted by Crippen LogP contribution is 2.32. The van der Waals surface area contributed by atoms with Crippen LogP contribution in [-0.2, 0) is 9.53 Å². The highest BCUT2D eigenvalue weighted by Gasteiger charge is 2.36. The van der Waals surface area contributed by atoms with Crippen LogP contribution >= 0.6 is 15.9 Å². The van der Waals surface area contributed by atoms with Crippen molar-refractivity contribution in [1.29, 1.82) is 0 Å². The smallest absolute Gasteiger partial charge is 0.296 e. The van der Waals surface area contributed by atoms with E-state index in [-0.39, 0.29) is 28.6 Å². The van der Waals surface area contributed by atoms with Gasteiger partial charge in [-0.3, -0.25) is 9.36 Å². The molecule has 12 heteroatoms. The van der Waals surface area contributed by atoms with Crippen molar-refractivity contribution in [3.05, 3.63) is 36.2 Å². The van der Waals surface area contributed by atoms with Crippen LogP contribution in [0.4, 0.5) is 20.5 Å². The van der Waals surface area contributed by atoms with Crippen LogP contribution in [0.1, 0.15) is 44.4 Å².